The molecule has 0 radical (unpaired) electrons. The van der Waals surface area contributed by atoms with Crippen molar-refractivity contribution in [2.75, 3.05) is 24.6 Å². The maximum atomic E-state index is 14.7. The van der Waals surface area contributed by atoms with Gasteiger partial charge in [-0.05, 0) is 26.3 Å². The average Bonchev–Trinajstić information content (AvgIpc) is 3.42. The lowest BCUT2D eigenvalue weighted by molar-refractivity contribution is -0.131. The molecule has 1 aromatic carbocycles. The van der Waals surface area contributed by atoms with Gasteiger partial charge in [-0.25, -0.2) is 14.8 Å². The van der Waals surface area contributed by atoms with Crippen LogP contribution in [-0.4, -0.2) is 63.8 Å². The van der Waals surface area contributed by atoms with E-state index in [0.717, 1.165) is 4.90 Å². The van der Waals surface area contributed by atoms with E-state index in [1.54, 1.807) is 36.9 Å². The van der Waals surface area contributed by atoms with Gasteiger partial charge in [0.2, 0.25) is 5.95 Å². The van der Waals surface area contributed by atoms with Crippen molar-refractivity contribution in [1.29, 1.82) is 0 Å². The molecule has 2 N–H and O–H groups in total. The maximum absolute atomic E-state index is 14.7. The largest absolute Gasteiger partial charge is 0.490 e. The van der Waals surface area contributed by atoms with Crippen LogP contribution in [0.25, 0.3) is 11.3 Å². The first-order valence-corrected chi connectivity index (χ1v) is 11.3. The van der Waals surface area contributed by atoms with Gasteiger partial charge in [-0.3, -0.25) is 9.69 Å². The number of aromatic nitrogens is 2. The second kappa shape index (κ2) is 6.84. The second-order valence-electron chi connectivity index (χ2n) is 9.25. The van der Waals surface area contributed by atoms with Gasteiger partial charge < -0.3 is 20.1 Å². The number of hydrogen-bond donors (Lipinski definition) is 2. The fourth-order valence-electron chi connectivity index (χ4n) is 5.23. The summed E-state index contributed by atoms with van der Waals surface area (Å²) in [5.41, 5.74) is 0.298. The van der Waals surface area contributed by atoms with Crippen LogP contribution in [0.2, 0.25) is 0 Å². The molecule has 11 heteroatoms. The molecule has 4 aliphatic rings. The van der Waals surface area contributed by atoms with Crippen LogP contribution in [-0.2, 0) is 22.7 Å². The van der Waals surface area contributed by atoms with Gasteiger partial charge in [0.25, 0.3) is 11.8 Å². The number of imide groups is 1. The van der Waals surface area contributed by atoms with Gasteiger partial charge in [0, 0.05) is 36.2 Å². The summed E-state index contributed by atoms with van der Waals surface area (Å²) in [4.78, 5) is 36.9. The Kier molecular flexibility index (Phi) is 4.27. The molecule has 2 aromatic rings. The van der Waals surface area contributed by atoms with E-state index in [4.69, 9.17) is 4.74 Å². The molecule has 9 nitrogen and oxygen atoms in total. The zero-order valence-electron chi connectivity index (χ0n) is 18.6. The van der Waals surface area contributed by atoms with E-state index < -0.39 is 23.6 Å². The summed E-state index contributed by atoms with van der Waals surface area (Å²) in [5.74, 6) is -2.88. The molecule has 1 spiro atoms. The molecule has 178 valence electrons. The monoisotopic (exact) mass is 471 g/mol. The van der Waals surface area contributed by atoms with Crippen LogP contribution in [0.1, 0.15) is 37.1 Å². The molecule has 6 rings (SSSR count). The van der Waals surface area contributed by atoms with E-state index in [1.165, 1.54) is 0 Å². The topological polar surface area (TPSA) is 108 Å². The van der Waals surface area contributed by atoms with Crippen LogP contribution in [0.15, 0.2) is 18.2 Å². The van der Waals surface area contributed by atoms with Crippen molar-refractivity contribution in [2.45, 2.75) is 50.3 Å². The number of carbonyl (C=O) groups is 2. The number of aliphatic hydroxyl groups excluding tert-OH is 1. The Morgan fingerprint density at radius 1 is 1.29 bits per heavy atom. The molecule has 34 heavy (non-hydrogen) atoms. The van der Waals surface area contributed by atoms with Crippen LogP contribution in [0.4, 0.5) is 19.5 Å². The van der Waals surface area contributed by atoms with E-state index in [2.05, 4.69) is 15.3 Å². The summed E-state index contributed by atoms with van der Waals surface area (Å²) in [5, 5.41) is 12.6. The first-order chi connectivity index (χ1) is 16.2. The summed E-state index contributed by atoms with van der Waals surface area (Å²) >= 11 is 0. The number of rotatable bonds is 3. The van der Waals surface area contributed by atoms with Gasteiger partial charge >= 0.3 is 6.03 Å². The second-order valence-corrected chi connectivity index (χ2v) is 9.25. The highest BCUT2D eigenvalue weighted by molar-refractivity contribution is 6.08. The summed E-state index contributed by atoms with van der Waals surface area (Å²) in [7, 11) is 0. The summed E-state index contributed by atoms with van der Waals surface area (Å²) < 4.78 is 35.2. The lowest BCUT2D eigenvalue weighted by Crippen LogP contribution is -2.59. The third kappa shape index (κ3) is 2.67. The first kappa shape index (κ1) is 21.2. The summed E-state index contributed by atoms with van der Waals surface area (Å²) in [6.07, 6.45) is -0.769. The standard InChI is InChI=1S/C23H23F2N5O4/c1-3-29-19(32)22(28-21(29)33)10-34-16-8-12(4-5-14(16)22)17-13-6-7-23(24,25)18(13)27-20(26-17)30-9-15(31)11(30)2/h4-5,8,11,15,31H,3,6-7,9-10H2,1-2H3,(H,28,33)/t11-,15+,22+/m0/s1. The van der Waals surface area contributed by atoms with E-state index in [-0.39, 0.29) is 56.1 Å². The predicted molar refractivity (Wildman–Crippen MR) is 116 cm³/mol. The average molecular weight is 471 g/mol. The molecule has 0 unspecified atom stereocenters. The molecule has 2 fully saturated rings. The number of amides is 3. The van der Waals surface area contributed by atoms with Gasteiger partial charge in [0.1, 0.15) is 18.1 Å². The molecule has 0 bridgehead atoms. The van der Waals surface area contributed by atoms with Crippen LogP contribution in [0.3, 0.4) is 0 Å². The SMILES string of the molecule is CCN1C(=O)N[C@@]2(COc3cc(-c4nc(N5C[C@@H](O)[C@@H]5C)nc5c4CCC5(F)F)ccc32)C1=O. The Labute approximate surface area is 193 Å². The zero-order chi connectivity index (χ0) is 24.0. The van der Waals surface area contributed by atoms with Crippen molar-refractivity contribution < 1.29 is 28.2 Å². The smallest absolute Gasteiger partial charge is 0.325 e. The fraction of sp³-hybridized carbons (Fsp3) is 0.478. The first-order valence-electron chi connectivity index (χ1n) is 11.3. The predicted octanol–water partition coefficient (Wildman–Crippen LogP) is 1.91. The number of likely N-dealkylation sites (N-methyl/N-ethyl adjacent to an activating group) is 1. The third-order valence-corrected chi connectivity index (χ3v) is 7.37. The van der Waals surface area contributed by atoms with Crippen molar-refractivity contribution in [3.63, 3.8) is 0 Å². The van der Waals surface area contributed by atoms with Crippen molar-refractivity contribution in [1.82, 2.24) is 20.2 Å². The number of halogens is 2. The van der Waals surface area contributed by atoms with Crippen molar-refractivity contribution in [2.24, 2.45) is 0 Å². The molecular formula is C23H23F2N5O4. The lowest BCUT2D eigenvalue weighted by atomic mass is 9.90. The molecule has 3 aliphatic heterocycles. The van der Waals surface area contributed by atoms with Gasteiger partial charge in [-0.2, -0.15) is 8.78 Å². The van der Waals surface area contributed by atoms with Crippen LogP contribution >= 0.6 is 0 Å². The van der Waals surface area contributed by atoms with Crippen molar-refractivity contribution >= 4 is 17.9 Å². The van der Waals surface area contributed by atoms with Gasteiger partial charge in [0.05, 0.1) is 17.8 Å². The van der Waals surface area contributed by atoms with E-state index >= 15 is 0 Å². The van der Waals surface area contributed by atoms with E-state index in [1.807, 2.05) is 0 Å². The van der Waals surface area contributed by atoms with Gasteiger partial charge in [-0.1, -0.05) is 12.1 Å². The Balaban J connectivity index is 1.44. The minimum atomic E-state index is -3.06. The molecule has 1 aliphatic carbocycles. The Morgan fingerprint density at radius 3 is 2.76 bits per heavy atom. The van der Waals surface area contributed by atoms with Crippen LogP contribution in [0, 0.1) is 0 Å². The number of aliphatic hydroxyl groups is 1. The highest BCUT2D eigenvalue weighted by Gasteiger charge is 2.57. The van der Waals surface area contributed by atoms with Crippen molar-refractivity contribution in [3.05, 3.63) is 35.0 Å². The number of hydrogen-bond acceptors (Lipinski definition) is 7. The summed E-state index contributed by atoms with van der Waals surface area (Å²) in [6, 6.07) is 4.32. The molecular weight excluding hydrogens is 448 g/mol. The molecule has 4 heterocycles. The number of benzene rings is 1. The number of urea groups is 1. The molecule has 3 amide bonds. The Hall–Kier alpha value is -3.34. The van der Waals surface area contributed by atoms with Gasteiger partial charge in [-0.15, -0.1) is 0 Å². The quantitative estimate of drug-likeness (QED) is 0.659. The number of alkyl halides is 2. The highest BCUT2D eigenvalue weighted by Crippen LogP contribution is 2.47. The molecule has 3 atom stereocenters. The Bertz CT molecular complexity index is 1250. The van der Waals surface area contributed by atoms with Gasteiger partial charge in [0.15, 0.2) is 5.54 Å². The minimum absolute atomic E-state index is 0.0404. The number of ether oxygens (including phenoxy) is 1. The zero-order valence-corrected chi connectivity index (χ0v) is 18.6. The lowest BCUT2D eigenvalue weighted by Gasteiger charge is -2.43. The van der Waals surface area contributed by atoms with E-state index in [9.17, 15) is 23.5 Å². The maximum Gasteiger partial charge on any atom is 0.325 e. The number of fused-ring (bicyclic) bond motifs is 3. The fourth-order valence-corrected chi connectivity index (χ4v) is 5.23. The number of anilines is 1. The number of β-amino-alcohol motifs (C(OH)–C–C–N with tert-alkyl or cyclic N) is 1. The highest BCUT2D eigenvalue weighted by atomic mass is 19.3. The molecule has 1 aromatic heterocycles. The molecule has 0 saturated carbocycles. The van der Waals surface area contributed by atoms with Crippen LogP contribution in [0.5, 0.6) is 5.75 Å². The minimum Gasteiger partial charge on any atom is -0.490 e. The van der Waals surface area contributed by atoms with E-state index in [0.29, 0.717) is 28.1 Å². The third-order valence-electron chi connectivity index (χ3n) is 7.37. The number of nitrogens with one attached hydrogen (secondary N) is 1. The number of nitrogens with zero attached hydrogens (tertiary/aromatic N) is 4. The summed E-state index contributed by atoms with van der Waals surface area (Å²) in [6.45, 7) is 3.99. The van der Waals surface area contributed by atoms with Crippen LogP contribution < -0.4 is 15.0 Å². The normalized spacial score (nSPS) is 28.6. The number of carbonyl (C=O) groups excluding carboxylic acids is 2. The Morgan fingerprint density at radius 2 is 2.09 bits per heavy atom. The van der Waals surface area contributed by atoms with Crippen molar-refractivity contribution in [3.8, 4) is 17.0 Å². The molecule has 2 saturated heterocycles.